The van der Waals surface area contributed by atoms with Gasteiger partial charge in [-0.3, -0.25) is 4.21 Å². The molecule has 4 heteroatoms. The monoisotopic (exact) mass is 240 g/mol. The Kier molecular flexibility index (Phi) is 4.68. The Hall–Kier alpha value is -1.16. The second kappa shape index (κ2) is 5.80. The molecule has 1 aromatic carbocycles. The van der Waals surface area contributed by atoms with Crippen molar-refractivity contribution >= 4 is 16.8 Å². The van der Waals surface area contributed by atoms with Crippen molar-refractivity contribution in [2.24, 2.45) is 0 Å². The maximum Gasteiger partial charge on any atom is 0.336 e. The molecule has 0 bridgehead atoms. The lowest BCUT2D eigenvalue weighted by Crippen LogP contribution is -2.14. The summed E-state index contributed by atoms with van der Waals surface area (Å²) in [4.78, 5) is 11.4. The molecule has 0 heterocycles. The minimum absolute atomic E-state index is 0.00880. The highest BCUT2D eigenvalue weighted by Crippen LogP contribution is 2.19. The molecule has 88 valence electrons. The van der Waals surface area contributed by atoms with E-state index in [1.54, 1.807) is 18.2 Å². The first-order chi connectivity index (χ1) is 7.57. The second-order valence-corrected chi connectivity index (χ2v) is 5.54. The number of carbonyl (C=O) groups is 1. The quantitative estimate of drug-likeness (QED) is 0.860. The molecule has 0 amide bonds. The number of carboxylic acids is 1. The summed E-state index contributed by atoms with van der Waals surface area (Å²) in [7, 11) is -1.24. The summed E-state index contributed by atoms with van der Waals surface area (Å²) in [5, 5.41) is 8.98. The second-order valence-electron chi connectivity index (χ2n) is 3.70. The fourth-order valence-corrected chi connectivity index (χ4v) is 3.02. The molecule has 0 saturated heterocycles. The third kappa shape index (κ3) is 2.92. The molecule has 0 aliphatic rings. The Morgan fingerprint density at radius 1 is 1.44 bits per heavy atom. The molecular weight excluding hydrogens is 224 g/mol. The molecule has 0 radical (unpaired) electrons. The van der Waals surface area contributed by atoms with E-state index in [9.17, 15) is 9.00 Å². The number of aromatic carboxylic acids is 1. The van der Waals surface area contributed by atoms with E-state index in [4.69, 9.17) is 5.11 Å². The van der Waals surface area contributed by atoms with Crippen LogP contribution in [0, 0.1) is 0 Å². The van der Waals surface area contributed by atoms with Crippen LogP contribution in [0.2, 0.25) is 0 Å². The Morgan fingerprint density at radius 2 is 2.06 bits per heavy atom. The zero-order valence-electron chi connectivity index (χ0n) is 9.47. The van der Waals surface area contributed by atoms with E-state index < -0.39 is 16.8 Å². The molecule has 1 N–H and O–H groups in total. The van der Waals surface area contributed by atoms with Gasteiger partial charge in [-0.2, -0.15) is 0 Å². The molecule has 0 aliphatic heterocycles. The fourth-order valence-electron chi connectivity index (χ4n) is 1.55. The summed E-state index contributed by atoms with van der Waals surface area (Å²) in [5.74, 6) is -1.02. The summed E-state index contributed by atoms with van der Waals surface area (Å²) in [5.41, 5.74) is 0.142. The van der Waals surface area contributed by atoms with Gasteiger partial charge in [0.2, 0.25) is 0 Å². The van der Waals surface area contributed by atoms with E-state index in [0.717, 1.165) is 12.8 Å². The smallest absolute Gasteiger partial charge is 0.336 e. The summed E-state index contributed by atoms with van der Waals surface area (Å²) in [6, 6.07) is 6.49. The largest absolute Gasteiger partial charge is 0.478 e. The van der Waals surface area contributed by atoms with Crippen LogP contribution in [0.1, 0.15) is 37.0 Å². The molecule has 2 atom stereocenters. The van der Waals surface area contributed by atoms with E-state index in [-0.39, 0.29) is 10.8 Å². The fraction of sp³-hybridized carbons (Fsp3) is 0.417. The number of carboxylic acid groups (broad SMARTS) is 1. The predicted octanol–water partition coefficient (Wildman–Crippen LogP) is 2.68. The van der Waals surface area contributed by atoms with Gasteiger partial charge >= 0.3 is 5.97 Å². The lowest BCUT2D eigenvalue weighted by atomic mass is 10.2. The molecular formula is C12H16O3S. The molecule has 0 aliphatic carbocycles. The van der Waals surface area contributed by atoms with Crippen molar-refractivity contribution in [3.8, 4) is 0 Å². The third-order valence-electron chi connectivity index (χ3n) is 2.39. The van der Waals surface area contributed by atoms with Crippen molar-refractivity contribution in [3.63, 3.8) is 0 Å². The molecule has 1 aromatic rings. The van der Waals surface area contributed by atoms with Gasteiger partial charge in [0.1, 0.15) is 0 Å². The molecule has 0 spiro atoms. The molecule has 1 rings (SSSR count). The summed E-state index contributed by atoms with van der Waals surface area (Å²) >= 11 is 0. The topological polar surface area (TPSA) is 54.4 Å². The third-order valence-corrected chi connectivity index (χ3v) is 4.15. The van der Waals surface area contributed by atoms with Crippen LogP contribution in [0.25, 0.3) is 0 Å². The Balaban J connectivity index is 3.03. The van der Waals surface area contributed by atoms with Crippen LogP contribution in [0.15, 0.2) is 29.2 Å². The normalized spacial score (nSPS) is 14.4. The van der Waals surface area contributed by atoms with Gasteiger partial charge in [0.05, 0.1) is 21.3 Å². The minimum atomic E-state index is -1.24. The standard InChI is InChI=1S/C12H16O3S/c1-3-6-9(2)16(15)11-8-5-4-7-10(11)12(13)14/h4-5,7-9H,3,6H2,1-2H3,(H,13,14). The minimum Gasteiger partial charge on any atom is -0.478 e. The van der Waals surface area contributed by atoms with E-state index in [2.05, 4.69) is 0 Å². The summed E-state index contributed by atoms with van der Waals surface area (Å²) in [6.07, 6.45) is 1.78. The van der Waals surface area contributed by atoms with Gasteiger partial charge in [-0.25, -0.2) is 4.79 Å². The van der Waals surface area contributed by atoms with E-state index in [0.29, 0.717) is 4.90 Å². The van der Waals surface area contributed by atoms with E-state index >= 15 is 0 Å². The molecule has 3 nitrogen and oxygen atoms in total. The first-order valence-electron chi connectivity index (χ1n) is 5.30. The van der Waals surface area contributed by atoms with Crippen LogP contribution >= 0.6 is 0 Å². The summed E-state index contributed by atoms with van der Waals surface area (Å²) in [6.45, 7) is 3.91. The number of rotatable bonds is 5. The molecule has 0 fully saturated rings. The van der Waals surface area contributed by atoms with E-state index in [1.165, 1.54) is 6.07 Å². The maximum absolute atomic E-state index is 12.1. The lowest BCUT2D eigenvalue weighted by molar-refractivity contribution is 0.0693. The number of benzene rings is 1. The average Bonchev–Trinajstić information content (AvgIpc) is 2.28. The van der Waals surface area contributed by atoms with Crippen molar-refractivity contribution in [3.05, 3.63) is 29.8 Å². The van der Waals surface area contributed by atoms with Gasteiger partial charge in [0.15, 0.2) is 0 Å². The van der Waals surface area contributed by atoms with Crippen LogP contribution < -0.4 is 0 Å². The van der Waals surface area contributed by atoms with E-state index in [1.807, 2.05) is 13.8 Å². The zero-order chi connectivity index (χ0) is 12.1. The van der Waals surface area contributed by atoms with Crippen LogP contribution in [0.4, 0.5) is 0 Å². The van der Waals surface area contributed by atoms with Crippen molar-refractivity contribution in [1.82, 2.24) is 0 Å². The number of hydrogen-bond acceptors (Lipinski definition) is 2. The van der Waals surface area contributed by atoms with Gasteiger partial charge in [-0.1, -0.05) is 32.4 Å². The van der Waals surface area contributed by atoms with Crippen molar-refractivity contribution < 1.29 is 14.1 Å². The van der Waals surface area contributed by atoms with Crippen LogP contribution in [-0.2, 0) is 10.8 Å². The van der Waals surface area contributed by atoms with Crippen molar-refractivity contribution in [1.29, 1.82) is 0 Å². The average molecular weight is 240 g/mol. The highest BCUT2D eigenvalue weighted by Gasteiger charge is 2.18. The molecule has 0 aromatic heterocycles. The van der Waals surface area contributed by atoms with Gasteiger partial charge < -0.3 is 5.11 Å². The maximum atomic E-state index is 12.1. The Labute approximate surface area is 98.0 Å². The molecule has 2 unspecified atom stereocenters. The van der Waals surface area contributed by atoms with Gasteiger partial charge in [-0.15, -0.1) is 0 Å². The van der Waals surface area contributed by atoms with Gasteiger partial charge in [0.25, 0.3) is 0 Å². The lowest BCUT2D eigenvalue weighted by Gasteiger charge is -2.11. The van der Waals surface area contributed by atoms with Gasteiger partial charge in [0, 0.05) is 5.25 Å². The van der Waals surface area contributed by atoms with Crippen LogP contribution in [-0.4, -0.2) is 20.5 Å². The Morgan fingerprint density at radius 3 is 2.62 bits per heavy atom. The number of hydrogen-bond donors (Lipinski definition) is 1. The highest BCUT2D eigenvalue weighted by atomic mass is 32.2. The highest BCUT2D eigenvalue weighted by molar-refractivity contribution is 7.85. The summed E-state index contributed by atoms with van der Waals surface area (Å²) < 4.78 is 12.1. The predicted molar refractivity (Wildman–Crippen MR) is 64.2 cm³/mol. The molecule has 16 heavy (non-hydrogen) atoms. The van der Waals surface area contributed by atoms with Crippen LogP contribution in [0.5, 0.6) is 0 Å². The SMILES string of the molecule is CCCC(C)S(=O)c1ccccc1C(=O)O. The van der Waals surface area contributed by atoms with Crippen LogP contribution in [0.3, 0.4) is 0 Å². The Bertz CT molecular complexity index is 401. The van der Waals surface area contributed by atoms with Gasteiger partial charge in [-0.05, 0) is 18.6 Å². The zero-order valence-corrected chi connectivity index (χ0v) is 10.3. The first-order valence-corrected chi connectivity index (χ1v) is 6.52. The molecule has 0 saturated carbocycles. The first kappa shape index (κ1) is 12.9. The van der Waals surface area contributed by atoms with Crippen molar-refractivity contribution in [2.75, 3.05) is 0 Å². The van der Waals surface area contributed by atoms with Crippen molar-refractivity contribution in [2.45, 2.75) is 36.8 Å².